The molecule has 0 amide bonds. The van der Waals surface area contributed by atoms with Crippen molar-refractivity contribution >= 4 is 22.6 Å². The highest BCUT2D eigenvalue weighted by Crippen LogP contribution is 2.29. The summed E-state index contributed by atoms with van der Waals surface area (Å²) < 4.78 is 16.4. The molecule has 136 valence electrons. The number of fused-ring (bicyclic) bond motifs is 1. The molecule has 3 aromatic rings. The second-order valence-electron chi connectivity index (χ2n) is 5.64. The van der Waals surface area contributed by atoms with Gasteiger partial charge in [-0.3, -0.25) is 0 Å². The van der Waals surface area contributed by atoms with E-state index in [1.165, 1.54) is 0 Å². The minimum Gasteiger partial charge on any atom is -0.493 e. The molecule has 6 nitrogen and oxygen atoms in total. The van der Waals surface area contributed by atoms with Crippen molar-refractivity contribution in [1.82, 2.24) is 5.32 Å². The predicted molar refractivity (Wildman–Crippen MR) is 104 cm³/mol. The molecule has 0 aliphatic heterocycles. The summed E-state index contributed by atoms with van der Waals surface area (Å²) in [6.07, 6.45) is 0. The maximum Gasteiger partial charge on any atom is 0.196 e. The van der Waals surface area contributed by atoms with Crippen LogP contribution in [0.25, 0.3) is 11.0 Å². The number of para-hydroxylation sites is 1. The molecular weight excluding hydrogens is 330 g/mol. The van der Waals surface area contributed by atoms with Crippen LogP contribution in [0.15, 0.2) is 57.9 Å². The first-order valence-corrected chi connectivity index (χ1v) is 8.48. The number of aliphatic imine (C=N–C) groups is 1. The summed E-state index contributed by atoms with van der Waals surface area (Å²) >= 11 is 0. The number of benzene rings is 2. The van der Waals surface area contributed by atoms with E-state index in [0.29, 0.717) is 24.0 Å². The van der Waals surface area contributed by atoms with Crippen molar-refractivity contribution in [3.63, 3.8) is 0 Å². The Hall–Kier alpha value is -3.15. The van der Waals surface area contributed by atoms with Crippen LogP contribution in [-0.4, -0.2) is 26.7 Å². The SMILES string of the molecule is CCNC(=NCc1cc2ccccc2o1)Nc1ccc(OC)c(OC)c1. The van der Waals surface area contributed by atoms with Crippen molar-refractivity contribution in [2.24, 2.45) is 4.99 Å². The number of nitrogens with zero attached hydrogens (tertiary/aromatic N) is 1. The Morgan fingerprint density at radius 3 is 2.58 bits per heavy atom. The minimum absolute atomic E-state index is 0.442. The second kappa shape index (κ2) is 8.29. The van der Waals surface area contributed by atoms with Crippen molar-refractivity contribution in [1.29, 1.82) is 0 Å². The zero-order valence-electron chi connectivity index (χ0n) is 15.2. The van der Waals surface area contributed by atoms with Gasteiger partial charge in [0.05, 0.1) is 14.2 Å². The van der Waals surface area contributed by atoms with Gasteiger partial charge in [-0.25, -0.2) is 4.99 Å². The number of hydrogen-bond donors (Lipinski definition) is 2. The Morgan fingerprint density at radius 2 is 1.85 bits per heavy atom. The first kappa shape index (κ1) is 17.7. The zero-order valence-corrected chi connectivity index (χ0v) is 15.2. The highest BCUT2D eigenvalue weighted by atomic mass is 16.5. The summed E-state index contributed by atoms with van der Waals surface area (Å²) in [7, 11) is 3.23. The monoisotopic (exact) mass is 353 g/mol. The quantitative estimate of drug-likeness (QED) is 0.517. The predicted octanol–water partition coefficient (Wildman–Crippen LogP) is 4.03. The Kier molecular flexibility index (Phi) is 5.63. The molecule has 0 saturated carbocycles. The zero-order chi connectivity index (χ0) is 18.4. The van der Waals surface area contributed by atoms with Gasteiger partial charge in [0.25, 0.3) is 0 Å². The van der Waals surface area contributed by atoms with Crippen molar-refractivity contribution in [3.8, 4) is 11.5 Å². The Balaban J connectivity index is 1.76. The van der Waals surface area contributed by atoms with Gasteiger partial charge < -0.3 is 24.5 Å². The summed E-state index contributed by atoms with van der Waals surface area (Å²) in [6, 6.07) is 15.6. The number of nitrogens with one attached hydrogen (secondary N) is 2. The van der Waals surface area contributed by atoms with E-state index in [4.69, 9.17) is 13.9 Å². The standard InChI is InChI=1S/C20H23N3O3/c1-4-21-20(23-15-9-10-18(24-2)19(12-15)25-3)22-13-16-11-14-7-5-6-8-17(14)26-16/h5-12H,4,13H2,1-3H3,(H2,21,22,23). The van der Waals surface area contributed by atoms with Crippen molar-refractivity contribution in [2.45, 2.75) is 13.5 Å². The smallest absolute Gasteiger partial charge is 0.196 e. The first-order chi connectivity index (χ1) is 12.7. The Bertz CT molecular complexity index is 869. The van der Waals surface area contributed by atoms with Crippen LogP contribution < -0.4 is 20.1 Å². The summed E-state index contributed by atoms with van der Waals surface area (Å²) in [4.78, 5) is 4.60. The van der Waals surface area contributed by atoms with Crippen LogP contribution in [0, 0.1) is 0 Å². The molecule has 0 aliphatic carbocycles. The fourth-order valence-corrected chi connectivity index (χ4v) is 2.63. The number of hydrogen-bond acceptors (Lipinski definition) is 4. The van der Waals surface area contributed by atoms with Gasteiger partial charge in [0.15, 0.2) is 17.5 Å². The lowest BCUT2D eigenvalue weighted by atomic mass is 10.2. The highest BCUT2D eigenvalue weighted by Gasteiger charge is 2.07. The normalized spacial score (nSPS) is 11.4. The maximum atomic E-state index is 5.81. The van der Waals surface area contributed by atoms with Crippen molar-refractivity contribution in [2.75, 3.05) is 26.1 Å². The third-order valence-corrected chi connectivity index (χ3v) is 3.86. The molecule has 0 aliphatic rings. The summed E-state index contributed by atoms with van der Waals surface area (Å²) in [5.41, 5.74) is 1.72. The first-order valence-electron chi connectivity index (χ1n) is 8.48. The molecule has 6 heteroatoms. The molecule has 1 aromatic heterocycles. The largest absolute Gasteiger partial charge is 0.493 e. The van der Waals surface area contributed by atoms with E-state index in [1.807, 2.05) is 55.5 Å². The van der Waals surface area contributed by atoms with Crippen LogP contribution in [0.3, 0.4) is 0 Å². The van der Waals surface area contributed by atoms with E-state index in [2.05, 4.69) is 15.6 Å². The average molecular weight is 353 g/mol. The molecule has 3 rings (SSSR count). The van der Waals surface area contributed by atoms with E-state index in [0.717, 1.165) is 29.0 Å². The maximum absolute atomic E-state index is 5.81. The third-order valence-electron chi connectivity index (χ3n) is 3.86. The van der Waals surface area contributed by atoms with Crippen molar-refractivity contribution in [3.05, 3.63) is 54.3 Å². The van der Waals surface area contributed by atoms with Crippen molar-refractivity contribution < 1.29 is 13.9 Å². The molecular formula is C20H23N3O3. The van der Waals surface area contributed by atoms with E-state index in [9.17, 15) is 0 Å². The molecule has 0 bridgehead atoms. The highest BCUT2D eigenvalue weighted by molar-refractivity contribution is 5.94. The van der Waals surface area contributed by atoms with Crippen LogP contribution in [0.5, 0.6) is 11.5 Å². The van der Waals surface area contributed by atoms with Gasteiger partial charge in [0, 0.05) is 23.7 Å². The van der Waals surface area contributed by atoms with Crippen LogP contribution in [0.4, 0.5) is 5.69 Å². The lowest BCUT2D eigenvalue weighted by Crippen LogP contribution is -2.30. The van der Waals surface area contributed by atoms with Gasteiger partial charge in [-0.15, -0.1) is 0 Å². The van der Waals surface area contributed by atoms with Crippen LogP contribution in [0.2, 0.25) is 0 Å². The van der Waals surface area contributed by atoms with Crippen LogP contribution in [0.1, 0.15) is 12.7 Å². The summed E-state index contributed by atoms with van der Waals surface area (Å²) in [5, 5.41) is 7.58. The van der Waals surface area contributed by atoms with Gasteiger partial charge in [-0.05, 0) is 31.2 Å². The number of ether oxygens (including phenoxy) is 2. The lowest BCUT2D eigenvalue weighted by molar-refractivity contribution is 0.355. The van der Waals surface area contributed by atoms with Crippen LogP contribution in [-0.2, 0) is 6.54 Å². The molecule has 0 saturated heterocycles. The lowest BCUT2D eigenvalue weighted by Gasteiger charge is -2.13. The molecule has 0 atom stereocenters. The summed E-state index contributed by atoms with van der Waals surface area (Å²) in [6.45, 7) is 3.21. The Morgan fingerprint density at radius 1 is 1.04 bits per heavy atom. The van der Waals surface area contributed by atoms with E-state index in [-0.39, 0.29) is 0 Å². The van der Waals surface area contributed by atoms with E-state index >= 15 is 0 Å². The molecule has 0 radical (unpaired) electrons. The minimum atomic E-state index is 0.442. The molecule has 0 unspecified atom stereocenters. The number of guanidine groups is 1. The Labute approximate surface area is 152 Å². The van der Waals surface area contributed by atoms with E-state index in [1.54, 1.807) is 14.2 Å². The summed E-state index contributed by atoms with van der Waals surface area (Å²) in [5.74, 6) is 2.82. The number of methoxy groups -OCH3 is 2. The topological polar surface area (TPSA) is 68.0 Å². The van der Waals surface area contributed by atoms with Gasteiger partial charge >= 0.3 is 0 Å². The second-order valence-corrected chi connectivity index (χ2v) is 5.64. The number of anilines is 1. The molecule has 2 aromatic carbocycles. The molecule has 1 heterocycles. The van der Waals surface area contributed by atoms with Gasteiger partial charge in [-0.1, -0.05) is 18.2 Å². The molecule has 26 heavy (non-hydrogen) atoms. The fraction of sp³-hybridized carbons (Fsp3) is 0.250. The average Bonchev–Trinajstić information content (AvgIpc) is 3.09. The molecule has 0 spiro atoms. The van der Waals surface area contributed by atoms with Crippen LogP contribution >= 0.6 is 0 Å². The number of rotatable bonds is 6. The van der Waals surface area contributed by atoms with Gasteiger partial charge in [-0.2, -0.15) is 0 Å². The third kappa shape index (κ3) is 4.08. The van der Waals surface area contributed by atoms with Gasteiger partial charge in [0.1, 0.15) is 17.9 Å². The van der Waals surface area contributed by atoms with Gasteiger partial charge in [0.2, 0.25) is 0 Å². The number of furan rings is 1. The van der Waals surface area contributed by atoms with E-state index < -0.39 is 0 Å². The fourth-order valence-electron chi connectivity index (χ4n) is 2.63. The molecule has 0 fully saturated rings. The molecule has 2 N–H and O–H groups in total.